The summed E-state index contributed by atoms with van der Waals surface area (Å²) in [6, 6.07) is 7.91. The number of ether oxygens (including phenoxy) is 1. The maximum Gasteiger partial charge on any atom is 0.308 e. The van der Waals surface area contributed by atoms with Gasteiger partial charge in [0.05, 0.1) is 12.0 Å². The van der Waals surface area contributed by atoms with Gasteiger partial charge in [0.2, 0.25) is 0 Å². The van der Waals surface area contributed by atoms with E-state index >= 15 is 0 Å². The van der Waals surface area contributed by atoms with Crippen molar-refractivity contribution < 1.29 is 14.6 Å². The second-order valence-corrected chi connectivity index (χ2v) is 5.33. The number of carboxylic acids is 1. The van der Waals surface area contributed by atoms with E-state index in [1.807, 2.05) is 45.0 Å². The molecule has 2 atom stereocenters. The van der Waals surface area contributed by atoms with Gasteiger partial charge in [0, 0.05) is 18.3 Å². The van der Waals surface area contributed by atoms with Gasteiger partial charge >= 0.3 is 5.97 Å². The van der Waals surface area contributed by atoms with E-state index in [0.29, 0.717) is 6.42 Å². The Balaban J connectivity index is 2.09. The lowest BCUT2D eigenvalue weighted by Crippen LogP contribution is -2.32. The van der Waals surface area contributed by atoms with Crippen molar-refractivity contribution in [2.45, 2.75) is 39.3 Å². The Bertz CT molecular complexity index is 441. The van der Waals surface area contributed by atoms with E-state index in [0.717, 1.165) is 18.0 Å². The van der Waals surface area contributed by atoms with Gasteiger partial charge < -0.3 is 14.7 Å². The van der Waals surface area contributed by atoms with Gasteiger partial charge in [-0.3, -0.25) is 4.79 Å². The lowest BCUT2D eigenvalue weighted by atomic mass is 10.0. The number of carbonyl (C=O) groups is 1. The summed E-state index contributed by atoms with van der Waals surface area (Å²) in [5, 5.41) is 9.14. The predicted octanol–water partition coefficient (Wildman–Crippen LogP) is 2.77. The van der Waals surface area contributed by atoms with Crippen LogP contribution in [0.4, 0.5) is 5.69 Å². The molecule has 1 aromatic carbocycles. The molecule has 2 unspecified atom stereocenters. The number of nitrogens with zero attached hydrogens (tertiary/aromatic N) is 1. The molecule has 4 nitrogen and oxygen atoms in total. The Labute approximate surface area is 114 Å². The van der Waals surface area contributed by atoms with Gasteiger partial charge in [-0.2, -0.15) is 0 Å². The first kappa shape index (κ1) is 13.7. The summed E-state index contributed by atoms with van der Waals surface area (Å²) in [5.74, 6) is -0.123. The van der Waals surface area contributed by atoms with Crippen LogP contribution in [0.2, 0.25) is 0 Å². The average molecular weight is 263 g/mol. The van der Waals surface area contributed by atoms with Crippen molar-refractivity contribution in [1.29, 1.82) is 0 Å². The molecule has 1 aliphatic rings. The molecule has 19 heavy (non-hydrogen) atoms. The maximum absolute atomic E-state index is 11.1. The topological polar surface area (TPSA) is 49.8 Å². The highest BCUT2D eigenvalue weighted by atomic mass is 16.5. The molecule has 1 aliphatic heterocycles. The number of benzene rings is 1. The first-order valence-corrected chi connectivity index (χ1v) is 6.75. The van der Waals surface area contributed by atoms with E-state index < -0.39 is 5.97 Å². The fraction of sp³-hybridized carbons (Fsp3) is 0.533. The molecule has 0 saturated carbocycles. The van der Waals surface area contributed by atoms with Crippen LogP contribution in [0.3, 0.4) is 0 Å². The van der Waals surface area contributed by atoms with Crippen molar-refractivity contribution in [2.75, 3.05) is 11.4 Å². The third-order valence-corrected chi connectivity index (χ3v) is 3.61. The summed E-state index contributed by atoms with van der Waals surface area (Å²) in [4.78, 5) is 13.3. The lowest BCUT2D eigenvalue weighted by Gasteiger charge is -2.25. The van der Waals surface area contributed by atoms with Gasteiger partial charge in [-0.1, -0.05) is 0 Å². The SMILES string of the molecule is CC(C)Oc1ccc(N2CCC(C(=O)O)C2C)cc1. The van der Waals surface area contributed by atoms with E-state index in [2.05, 4.69) is 4.90 Å². The van der Waals surface area contributed by atoms with Gasteiger partial charge in [0.15, 0.2) is 0 Å². The van der Waals surface area contributed by atoms with Crippen LogP contribution < -0.4 is 9.64 Å². The third kappa shape index (κ3) is 3.00. The summed E-state index contributed by atoms with van der Waals surface area (Å²) in [7, 11) is 0. The number of rotatable bonds is 4. The monoisotopic (exact) mass is 263 g/mol. The van der Waals surface area contributed by atoms with Crippen molar-refractivity contribution in [3.8, 4) is 5.75 Å². The largest absolute Gasteiger partial charge is 0.491 e. The van der Waals surface area contributed by atoms with Crippen LogP contribution in [-0.4, -0.2) is 29.8 Å². The van der Waals surface area contributed by atoms with E-state index in [1.54, 1.807) is 0 Å². The van der Waals surface area contributed by atoms with Gasteiger partial charge in [0.25, 0.3) is 0 Å². The molecule has 4 heteroatoms. The number of carboxylic acid groups (broad SMARTS) is 1. The molecule has 1 saturated heterocycles. The smallest absolute Gasteiger partial charge is 0.308 e. The number of hydrogen-bond donors (Lipinski definition) is 1. The fourth-order valence-electron chi connectivity index (χ4n) is 2.62. The Hall–Kier alpha value is -1.71. The molecular weight excluding hydrogens is 242 g/mol. The van der Waals surface area contributed by atoms with Crippen LogP contribution in [-0.2, 0) is 4.79 Å². The minimum Gasteiger partial charge on any atom is -0.491 e. The zero-order valence-electron chi connectivity index (χ0n) is 11.7. The molecule has 0 aromatic heterocycles. The van der Waals surface area contributed by atoms with Crippen LogP contribution in [0.5, 0.6) is 5.75 Å². The summed E-state index contributed by atoms with van der Waals surface area (Å²) in [6.45, 7) is 6.76. The van der Waals surface area contributed by atoms with Crippen LogP contribution >= 0.6 is 0 Å². The van der Waals surface area contributed by atoms with Gasteiger partial charge in [0.1, 0.15) is 5.75 Å². The van der Waals surface area contributed by atoms with Crippen molar-refractivity contribution >= 4 is 11.7 Å². The van der Waals surface area contributed by atoms with Crippen LogP contribution in [0, 0.1) is 5.92 Å². The molecule has 0 aliphatic carbocycles. The molecule has 104 valence electrons. The molecule has 0 spiro atoms. The molecular formula is C15H21NO3. The van der Waals surface area contributed by atoms with Crippen molar-refractivity contribution in [2.24, 2.45) is 5.92 Å². The minimum atomic E-state index is -0.699. The summed E-state index contributed by atoms with van der Waals surface area (Å²) < 4.78 is 5.61. The third-order valence-electron chi connectivity index (χ3n) is 3.61. The second kappa shape index (κ2) is 5.51. The van der Waals surface area contributed by atoms with E-state index in [9.17, 15) is 4.79 Å². The summed E-state index contributed by atoms with van der Waals surface area (Å²) >= 11 is 0. The highest BCUT2D eigenvalue weighted by Gasteiger charge is 2.35. The highest BCUT2D eigenvalue weighted by Crippen LogP contribution is 2.31. The highest BCUT2D eigenvalue weighted by molar-refractivity contribution is 5.73. The van der Waals surface area contributed by atoms with Gasteiger partial charge in [-0.25, -0.2) is 0 Å². The standard InChI is InChI=1S/C15H21NO3/c1-10(2)19-13-6-4-12(5-7-13)16-9-8-14(11(16)3)15(17)18/h4-7,10-11,14H,8-9H2,1-3H3,(H,17,18). The van der Waals surface area contributed by atoms with Crippen molar-refractivity contribution in [3.05, 3.63) is 24.3 Å². The van der Waals surface area contributed by atoms with Gasteiger partial charge in [-0.05, 0) is 51.5 Å². The lowest BCUT2D eigenvalue weighted by molar-refractivity contribution is -0.141. The Morgan fingerprint density at radius 3 is 2.47 bits per heavy atom. The first-order valence-electron chi connectivity index (χ1n) is 6.75. The maximum atomic E-state index is 11.1. The first-order chi connectivity index (χ1) is 8.99. The molecule has 2 rings (SSSR count). The normalized spacial score (nSPS) is 22.8. The van der Waals surface area contributed by atoms with Crippen LogP contribution in [0.15, 0.2) is 24.3 Å². The molecule has 1 fully saturated rings. The van der Waals surface area contributed by atoms with E-state index in [4.69, 9.17) is 9.84 Å². The van der Waals surface area contributed by atoms with E-state index in [1.165, 1.54) is 0 Å². The zero-order valence-corrected chi connectivity index (χ0v) is 11.7. The molecule has 1 N–H and O–H groups in total. The number of hydrogen-bond acceptors (Lipinski definition) is 3. The molecule has 0 amide bonds. The average Bonchev–Trinajstić information content (AvgIpc) is 2.71. The van der Waals surface area contributed by atoms with Crippen molar-refractivity contribution in [1.82, 2.24) is 0 Å². The number of anilines is 1. The second-order valence-electron chi connectivity index (χ2n) is 5.33. The summed E-state index contributed by atoms with van der Waals surface area (Å²) in [5.41, 5.74) is 1.06. The Kier molecular flexibility index (Phi) is 3.98. The molecule has 0 radical (unpaired) electrons. The van der Waals surface area contributed by atoms with Gasteiger partial charge in [-0.15, -0.1) is 0 Å². The summed E-state index contributed by atoms with van der Waals surface area (Å²) in [6.07, 6.45) is 0.869. The minimum absolute atomic E-state index is 0.0365. The van der Waals surface area contributed by atoms with Crippen molar-refractivity contribution in [3.63, 3.8) is 0 Å². The molecule has 1 heterocycles. The predicted molar refractivity (Wildman–Crippen MR) is 74.8 cm³/mol. The quantitative estimate of drug-likeness (QED) is 0.907. The molecule has 0 bridgehead atoms. The van der Waals surface area contributed by atoms with Crippen LogP contribution in [0.1, 0.15) is 27.2 Å². The Morgan fingerprint density at radius 1 is 1.37 bits per heavy atom. The number of aliphatic carboxylic acids is 1. The Morgan fingerprint density at radius 2 is 2.00 bits per heavy atom. The fourth-order valence-corrected chi connectivity index (χ4v) is 2.62. The van der Waals surface area contributed by atoms with E-state index in [-0.39, 0.29) is 18.1 Å². The molecule has 1 aromatic rings. The van der Waals surface area contributed by atoms with Crippen LogP contribution in [0.25, 0.3) is 0 Å². The zero-order chi connectivity index (χ0) is 14.0.